The van der Waals surface area contributed by atoms with Gasteiger partial charge in [0.15, 0.2) is 6.21 Å². The van der Waals surface area contributed by atoms with Gasteiger partial charge in [-0.1, -0.05) is 17.7 Å². The van der Waals surface area contributed by atoms with E-state index in [2.05, 4.69) is 0 Å². The fourth-order valence-electron chi connectivity index (χ4n) is 1.45. The van der Waals surface area contributed by atoms with Gasteiger partial charge in [-0.25, -0.2) is 4.39 Å². The van der Waals surface area contributed by atoms with E-state index in [1.807, 2.05) is 19.1 Å². The number of benzene rings is 2. The first kappa shape index (κ1) is 11.3. The fraction of sp³-hybridized carbons (Fsp3) is 0.0714. The largest absolute Gasteiger partial charge is 0.618 e. The van der Waals surface area contributed by atoms with Crippen LogP contribution in [0.3, 0.4) is 0 Å². The number of hydrogen-bond acceptors (Lipinski definition) is 1. The zero-order valence-electron chi connectivity index (χ0n) is 9.43. The van der Waals surface area contributed by atoms with Crippen molar-refractivity contribution in [1.29, 1.82) is 0 Å². The van der Waals surface area contributed by atoms with E-state index in [1.165, 1.54) is 18.3 Å². The number of halogens is 1. The minimum atomic E-state index is -0.310. The summed E-state index contributed by atoms with van der Waals surface area (Å²) in [7, 11) is 0. The zero-order chi connectivity index (χ0) is 12.3. The molecule has 0 aliphatic heterocycles. The lowest BCUT2D eigenvalue weighted by Gasteiger charge is -2.03. The van der Waals surface area contributed by atoms with E-state index in [4.69, 9.17) is 0 Å². The summed E-state index contributed by atoms with van der Waals surface area (Å²) in [6.45, 7) is 1.96. The summed E-state index contributed by atoms with van der Waals surface area (Å²) in [6.07, 6.45) is 1.42. The molecule has 0 fully saturated rings. The number of rotatable bonds is 2. The molecule has 0 unspecified atom stereocenters. The summed E-state index contributed by atoms with van der Waals surface area (Å²) in [4.78, 5) is 0. The second kappa shape index (κ2) is 4.78. The minimum absolute atomic E-state index is 0.310. The molecule has 0 heterocycles. The van der Waals surface area contributed by atoms with Gasteiger partial charge in [0.25, 0.3) is 0 Å². The average molecular weight is 229 g/mol. The van der Waals surface area contributed by atoms with Crippen LogP contribution in [0.1, 0.15) is 11.1 Å². The van der Waals surface area contributed by atoms with E-state index in [1.54, 1.807) is 24.3 Å². The van der Waals surface area contributed by atoms with Gasteiger partial charge in [-0.15, -0.1) is 0 Å². The Morgan fingerprint density at radius 1 is 1.00 bits per heavy atom. The number of nitrogens with zero attached hydrogens (tertiary/aromatic N) is 1. The predicted octanol–water partition coefficient (Wildman–Crippen LogP) is 3.40. The number of hydrogen-bond donors (Lipinski definition) is 0. The van der Waals surface area contributed by atoms with Crippen molar-refractivity contribution in [2.45, 2.75) is 6.92 Å². The lowest BCUT2D eigenvalue weighted by molar-refractivity contribution is -0.354. The van der Waals surface area contributed by atoms with Crippen molar-refractivity contribution < 1.29 is 9.13 Å². The maximum absolute atomic E-state index is 12.7. The topological polar surface area (TPSA) is 26.1 Å². The van der Waals surface area contributed by atoms with Crippen LogP contribution in [-0.2, 0) is 0 Å². The molecule has 0 N–H and O–H groups in total. The molecule has 17 heavy (non-hydrogen) atoms. The molecule has 0 bridgehead atoms. The smallest absolute Gasteiger partial charge is 0.216 e. The SMILES string of the molecule is Cc1ccc([N+]([O-])=Cc2ccc(F)cc2)cc1. The van der Waals surface area contributed by atoms with Gasteiger partial charge < -0.3 is 5.21 Å². The molecule has 0 spiro atoms. The van der Waals surface area contributed by atoms with Crippen LogP contribution in [0.5, 0.6) is 0 Å². The molecular weight excluding hydrogens is 217 g/mol. The Labute approximate surface area is 99.2 Å². The molecule has 0 saturated heterocycles. The molecule has 0 aromatic heterocycles. The van der Waals surface area contributed by atoms with Crippen LogP contribution in [0.25, 0.3) is 0 Å². The van der Waals surface area contributed by atoms with Gasteiger partial charge in [0.05, 0.1) is 0 Å². The second-order valence-electron chi connectivity index (χ2n) is 3.84. The fourth-order valence-corrected chi connectivity index (χ4v) is 1.45. The molecule has 2 rings (SSSR count). The third-order valence-electron chi connectivity index (χ3n) is 2.42. The molecule has 0 aliphatic rings. The van der Waals surface area contributed by atoms with E-state index >= 15 is 0 Å². The normalized spacial score (nSPS) is 11.5. The van der Waals surface area contributed by atoms with E-state index < -0.39 is 0 Å². The number of aryl methyl sites for hydroxylation is 1. The summed E-state index contributed by atoms with van der Waals surface area (Å²) >= 11 is 0. The van der Waals surface area contributed by atoms with E-state index in [9.17, 15) is 9.60 Å². The van der Waals surface area contributed by atoms with Gasteiger partial charge in [0.1, 0.15) is 5.82 Å². The van der Waals surface area contributed by atoms with Crippen LogP contribution in [0, 0.1) is 17.9 Å². The maximum Gasteiger partial charge on any atom is 0.216 e. The van der Waals surface area contributed by atoms with Crippen LogP contribution in [0.15, 0.2) is 48.5 Å². The van der Waals surface area contributed by atoms with E-state index in [0.717, 1.165) is 10.3 Å². The summed E-state index contributed by atoms with van der Waals surface area (Å²) in [5, 5.41) is 11.8. The Balaban J connectivity index is 2.27. The van der Waals surface area contributed by atoms with Gasteiger partial charge in [0.2, 0.25) is 5.69 Å². The lowest BCUT2D eigenvalue weighted by Crippen LogP contribution is -1.98. The molecule has 0 atom stereocenters. The molecule has 3 heteroatoms. The van der Waals surface area contributed by atoms with Gasteiger partial charge in [-0.3, -0.25) is 0 Å². The third-order valence-corrected chi connectivity index (χ3v) is 2.42. The zero-order valence-corrected chi connectivity index (χ0v) is 9.43. The predicted molar refractivity (Wildman–Crippen MR) is 66.0 cm³/mol. The third kappa shape index (κ3) is 2.91. The van der Waals surface area contributed by atoms with E-state index in [0.29, 0.717) is 11.3 Å². The minimum Gasteiger partial charge on any atom is -0.618 e. The van der Waals surface area contributed by atoms with Crippen molar-refractivity contribution in [3.05, 3.63) is 70.7 Å². The first-order chi connectivity index (χ1) is 8.15. The molecule has 0 radical (unpaired) electrons. The monoisotopic (exact) mass is 229 g/mol. The highest BCUT2D eigenvalue weighted by atomic mass is 19.1. The van der Waals surface area contributed by atoms with E-state index in [-0.39, 0.29) is 5.82 Å². The molecule has 0 amide bonds. The highest BCUT2D eigenvalue weighted by Gasteiger charge is 2.01. The first-order valence-electron chi connectivity index (χ1n) is 5.28. The average Bonchev–Trinajstić information content (AvgIpc) is 2.33. The van der Waals surface area contributed by atoms with Gasteiger partial charge in [-0.05, 0) is 31.2 Å². The summed E-state index contributed by atoms with van der Waals surface area (Å²) in [5.74, 6) is -0.310. The Bertz CT molecular complexity index is 529. The van der Waals surface area contributed by atoms with Crippen molar-refractivity contribution in [2.75, 3.05) is 0 Å². The highest BCUT2D eigenvalue weighted by molar-refractivity contribution is 5.76. The van der Waals surface area contributed by atoms with Crippen molar-refractivity contribution in [3.63, 3.8) is 0 Å². The van der Waals surface area contributed by atoms with Crippen LogP contribution >= 0.6 is 0 Å². The Kier molecular flexibility index (Phi) is 3.19. The van der Waals surface area contributed by atoms with Crippen LogP contribution in [0.4, 0.5) is 10.1 Å². The van der Waals surface area contributed by atoms with Crippen LogP contribution < -0.4 is 0 Å². The maximum atomic E-state index is 12.7. The van der Waals surface area contributed by atoms with Gasteiger partial charge in [0, 0.05) is 17.7 Å². The standard InChI is InChI=1S/C14H12FNO/c1-11-2-8-14(9-3-11)16(17)10-12-4-6-13(15)7-5-12/h2-10H,1H3. The van der Waals surface area contributed by atoms with Crippen molar-refractivity contribution in [1.82, 2.24) is 0 Å². The molecule has 0 saturated carbocycles. The molecule has 2 aromatic carbocycles. The Morgan fingerprint density at radius 3 is 2.18 bits per heavy atom. The summed E-state index contributed by atoms with van der Waals surface area (Å²) in [5.41, 5.74) is 2.32. The van der Waals surface area contributed by atoms with Crippen molar-refractivity contribution in [3.8, 4) is 0 Å². The summed E-state index contributed by atoms with van der Waals surface area (Å²) in [6, 6.07) is 13.0. The van der Waals surface area contributed by atoms with Gasteiger partial charge in [-0.2, -0.15) is 4.74 Å². The van der Waals surface area contributed by atoms with Crippen LogP contribution in [-0.4, -0.2) is 11.0 Å². The Hall–Kier alpha value is -2.16. The molecule has 2 aromatic rings. The quantitative estimate of drug-likeness (QED) is 0.335. The molecular formula is C14H12FNO. The molecule has 86 valence electrons. The van der Waals surface area contributed by atoms with Crippen molar-refractivity contribution >= 4 is 11.9 Å². The highest BCUT2D eigenvalue weighted by Crippen LogP contribution is 2.12. The first-order valence-corrected chi connectivity index (χ1v) is 5.28. The van der Waals surface area contributed by atoms with Crippen LogP contribution in [0.2, 0.25) is 0 Å². The molecule has 0 aliphatic carbocycles. The molecule has 2 nitrogen and oxygen atoms in total. The van der Waals surface area contributed by atoms with Crippen molar-refractivity contribution in [2.24, 2.45) is 0 Å². The lowest BCUT2D eigenvalue weighted by atomic mass is 10.2. The summed E-state index contributed by atoms with van der Waals surface area (Å²) < 4.78 is 13.5. The second-order valence-corrected chi connectivity index (χ2v) is 3.84. The Morgan fingerprint density at radius 2 is 1.59 bits per heavy atom. The van der Waals surface area contributed by atoms with Gasteiger partial charge >= 0.3 is 0 Å².